The van der Waals surface area contributed by atoms with E-state index in [0.717, 1.165) is 50.8 Å². The molecule has 1 N–H and O–H groups in total. The van der Waals surface area contributed by atoms with E-state index >= 15 is 0 Å². The van der Waals surface area contributed by atoms with Gasteiger partial charge in [-0.25, -0.2) is 0 Å². The number of halogens is 2. The second-order valence-electron chi connectivity index (χ2n) is 8.13. The second-order valence-corrected chi connectivity index (χ2v) is 8.13. The summed E-state index contributed by atoms with van der Waals surface area (Å²) in [5.41, 5.74) is 0. The number of carbonyl (C=O) groups excluding carboxylic acids is 1. The number of likely N-dealkylation sites (N-methyl/N-ethyl adjacent to an activating group) is 1. The summed E-state index contributed by atoms with van der Waals surface area (Å²) >= 11 is 0. The number of nitrogens with one attached hydrogen (secondary N) is 1. The van der Waals surface area contributed by atoms with E-state index in [1.165, 1.54) is 12.8 Å². The third kappa shape index (κ3) is 6.87. The monoisotopic (exact) mass is 435 g/mol. The zero-order valence-corrected chi connectivity index (χ0v) is 18.9. The summed E-state index contributed by atoms with van der Waals surface area (Å²) in [6, 6.07) is 0.374. The molecule has 2 aliphatic heterocycles. The van der Waals surface area contributed by atoms with Crippen LogP contribution in [-0.4, -0.2) is 65.1 Å². The summed E-state index contributed by atoms with van der Waals surface area (Å²) in [6.07, 6.45) is 5.18. The molecule has 0 bridgehead atoms. The number of rotatable bonds is 7. The number of hydrogen-bond acceptors (Lipinski definition) is 6. The Morgan fingerprint density at radius 3 is 2.64 bits per heavy atom. The van der Waals surface area contributed by atoms with Gasteiger partial charge in [-0.05, 0) is 51.7 Å². The number of nitrogens with zero attached hydrogens (tertiary/aromatic N) is 4. The van der Waals surface area contributed by atoms with Crippen LogP contribution in [0.3, 0.4) is 0 Å². The molecule has 28 heavy (non-hydrogen) atoms. The minimum atomic E-state index is 0. The second kappa shape index (κ2) is 12.0. The Kier molecular flexibility index (Phi) is 10.7. The highest BCUT2D eigenvalue weighted by molar-refractivity contribution is 5.85. The van der Waals surface area contributed by atoms with Crippen LogP contribution in [0.1, 0.15) is 63.6 Å². The Bertz CT molecular complexity index is 593. The molecule has 0 radical (unpaired) electrons. The first kappa shape index (κ1) is 25.1. The molecule has 0 aromatic carbocycles. The molecular weight excluding hydrogens is 401 g/mol. The van der Waals surface area contributed by atoms with Gasteiger partial charge in [-0.2, -0.15) is 4.98 Å². The molecule has 0 aliphatic carbocycles. The Labute approximate surface area is 180 Å². The maximum absolute atomic E-state index is 12.5. The molecule has 162 valence electrons. The average Bonchev–Trinajstić information content (AvgIpc) is 3.30. The molecule has 0 saturated carbocycles. The quantitative estimate of drug-likeness (QED) is 0.709. The summed E-state index contributed by atoms with van der Waals surface area (Å²) < 4.78 is 5.28. The Morgan fingerprint density at radius 1 is 1.29 bits per heavy atom. The number of aromatic nitrogens is 2. The highest BCUT2D eigenvalue weighted by Gasteiger charge is 2.29. The maximum Gasteiger partial charge on any atom is 0.229 e. The average molecular weight is 436 g/mol. The first-order chi connectivity index (χ1) is 12.5. The van der Waals surface area contributed by atoms with Gasteiger partial charge in [-0.3, -0.25) is 9.69 Å². The van der Waals surface area contributed by atoms with Gasteiger partial charge in [0, 0.05) is 31.5 Å². The lowest BCUT2D eigenvalue weighted by atomic mass is 9.93. The van der Waals surface area contributed by atoms with Crippen LogP contribution in [0.25, 0.3) is 0 Å². The fraction of sp³-hybridized carbons (Fsp3) is 0.842. The minimum absolute atomic E-state index is 0. The van der Waals surface area contributed by atoms with E-state index in [9.17, 15) is 4.79 Å². The smallest absolute Gasteiger partial charge is 0.229 e. The fourth-order valence-electron chi connectivity index (χ4n) is 3.90. The van der Waals surface area contributed by atoms with Gasteiger partial charge in [0.1, 0.15) is 0 Å². The van der Waals surface area contributed by atoms with Crippen molar-refractivity contribution in [3.8, 4) is 0 Å². The van der Waals surface area contributed by atoms with Crippen LogP contribution in [-0.2, 0) is 11.3 Å². The van der Waals surface area contributed by atoms with Crippen molar-refractivity contribution in [2.75, 3.05) is 33.2 Å². The number of piperidine rings is 1. The molecule has 2 aliphatic rings. The number of likely N-dealkylation sites (tertiary alicyclic amines) is 1. The lowest BCUT2D eigenvalue weighted by Crippen LogP contribution is -2.36. The van der Waals surface area contributed by atoms with Crippen LogP contribution >= 0.6 is 24.8 Å². The summed E-state index contributed by atoms with van der Waals surface area (Å²) in [5.74, 6) is 2.71. The lowest BCUT2D eigenvalue weighted by molar-refractivity contribution is -0.130. The van der Waals surface area contributed by atoms with Gasteiger partial charge in [0.15, 0.2) is 5.82 Å². The van der Waals surface area contributed by atoms with Crippen molar-refractivity contribution in [2.45, 2.75) is 64.5 Å². The van der Waals surface area contributed by atoms with E-state index in [4.69, 9.17) is 4.52 Å². The third-order valence-electron chi connectivity index (χ3n) is 5.73. The van der Waals surface area contributed by atoms with Crippen LogP contribution < -0.4 is 5.32 Å². The topological polar surface area (TPSA) is 74.5 Å². The predicted octanol–water partition coefficient (Wildman–Crippen LogP) is 2.85. The maximum atomic E-state index is 12.5. The summed E-state index contributed by atoms with van der Waals surface area (Å²) in [5, 5.41) is 7.46. The largest absolute Gasteiger partial charge is 0.341 e. The number of hydrogen-bond donors (Lipinski definition) is 1. The van der Waals surface area contributed by atoms with Crippen LogP contribution in [0.15, 0.2) is 4.52 Å². The summed E-state index contributed by atoms with van der Waals surface area (Å²) in [6.45, 7) is 8.64. The van der Waals surface area contributed by atoms with Gasteiger partial charge in [-0.1, -0.05) is 19.0 Å². The van der Waals surface area contributed by atoms with Crippen molar-refractivity contribution in [2.24, 2.45) is 5.92 Å². The molecule has 2 saturated heterocycles. The van der Waals surface area contributed by atoms with Crippen LogP contribution in [0.5, 0.6) is 0 Å². The number of amides is 1. The summed E-state index contributed by atoms with van der Waals surface area (Å²) in [4.78, 5) is 21.3. The van der Waals surface area contributed by atoms with Crippen molar-refractivity contribution in [3.05, 3.63) is 11.7 Å². The van der Waals surface area contributed by atoms with E-state index < -0.39 is 0 Å². The van der Waals surface area contributed by atoms with Crippen molar-refractivity contribution >= 4 is 30.7 Å². The van der Waals surface area contributed by atoms with Crippen molar-refractivity contribution in [1.82, 2.24) is 25.3 Å². The van der Waals surface area contributed by atoms with Gasteiger partial charge in [0.05, 0.1) is 6.54 Å². The van der Waals surface area contributed by atoms with E-state index in [2.05, 4.69) is 27.4 Å². The first-order valence-electron chi connectivity index (χ1n) is 10.0. The SMILES string of the molecule is CC(C)c1nc(CN(C)C2CCN(C(=O)CCC3CCNCC3)C2)no1.Cl.Cl. The molecule has 1 aromatic rings. The van der Waals surface area contributed by atoms with Crippen LogP contribution in [0, 0.1) is 5.92 Å². The molecule has 2 fully saturated rings. The van der Waals surface area contributed by atoms with Crippen molar-refractivity contribution < 1.29 is 9.32 Å². The van der Waals surface area contributed by atoms with Crippen LogP contribution in [0.4, 0.5) is 0 Å². The lowest BCUT2D eigenvalue weighted by Gasteiger charge is -2.25. The molecule has 1 atom stereocenters. The molecule has 1 amide bonds. The van der Waals surface area contributed by atoms with Gasteiger partial charge < -0.3 is 14.7 Å². The van der Waals surface area contributed by atoms with E-state index in [0.29, 0.717) is 30.8 Å². The molecule has 1 aromatic heterocycles. The molecule has 0 spiro atoms. The zero-order chi connectivity index (χ0) is 18.5. The normalized spacial score (nSPS) is 20.3. The van der Waals surface area contributed by atoms with Gasteiger partial charge in [-0.15, -0.1) is 24.8 Å². The van der Waals surface area contributed by atoms with Crippen LogP contribution in [0.2, 0.25) is 0 Å². The standard InChI is InChI=1S/C19H33N5O2.2ClH/c1-14(2)19-21-17(22-26-19)13-23(3)16-8-11-24(12-16)18(25)5-4-15-6-9-20-10-7-15;;/h14-16,20H,4-13H2,1-3H3;2*1H. The highest BCUT2D eigenvalue weighted by Crippen LogP contribution is 2.21. The molecule has 1 unspecified atom stereocenters. The first-order valence-corrected chi connectivity index (χ1v) is 10.0. The Morgan fingerprint density at radius 2 is 2.00 bits per heavy atom. The highest BCUT2D eigenvalue weighted by atomic mass is 35.5. The Hall–Kier alpha value is -0.890. The van der Waals surface area contributed by atoms with Gasteiger partial charge in [0.25, 0.3) is 0 Å². The van der Waals surface area contributed by atoms with Crippen molar-refractivity contribution in [3.63, 3.8) is 0 Å². The minimum Gasteiger partial charge on any atom is -0.341 e. The third-order valence-corrected chi connectivity index (χ3v) is 5.73. The number of carbonyl (C=O) groups is 1. The van der Waals surface area contributed by atoms with Gasteiger partial charge in [0.2, 0.25) is 11.8 Å². The Balaban J connectivity index is 0.00000196. The zero-order valence-electron chi connectivity index (χ0n) is 17.2. The van der Waals surface area contributed by atoms with E-state index in [-0.39, 0.29) is 30.7 Å². The van der Waals surface area contributed by atoms with E-state index in [1.807, 2.05) is 18.7 Å². The predicted molar refractivity (Wildman–Crippen MR) is 114 cm³/mol. The fourth-order valence-corrected chi connectivity index (χ4v) is 3.90. The molecular formula is C19H35Cl2N5O2. The van der Waals surface area contributed by atoms with Gasteiger partial charge >= 0.3 is 0 Å². The molecule has 3 heterocycles. The molecule has 7 nitrogen and oxygen atoms in total. The molecule has 3 rings (SSSR count). The van der Waals surface area contributed by atoms with Crippen molar-refractivity contribution in [1.29, 1.82) is 0 Å². The molecule has 9 heteroatoms. The summed E-state index contributed by atoms with van der Waals surface area (Å²) in [7, 11) is 2.08. The van der Waals surface area contributed by atoms with E-state index in [1.54, 1.807) is 0 Å².